The number of nitrogens with one attached hydrogen (secondary N) is 1. The minimum atomic E-state index is -0.546. The van der Waals surface area contributed by atoms with Crippen LogP contribution in [0.4, 0.5) is 0 Å². The first-order valence-electron chi connectivity index (χ1n) is 8.62. The number of hydrogen-bond donors (Lipinski definition) is 1. The van der Waals surface area contributed by atoms with E-state index in [2.05, 4.69) is 10.3 Å². The van der Waals surface area contributed by atoms with Crippen molar-refractivity contribution < 1.29 is 23.5 Å². The van der Waals surface area contributed by atoms with E-state index in [4.69, 9.17) is 13.9 Å². The third-order valence-electron chi connectivity index (χ3n) is 4.05. The first kappa shape index (κ1) is 22.1. The summed E-state index contributed by atoms with van der Waals surface area (Å²) in [4.78, 5) is 28.1. The van der Waals surface area contributed by atoms with Crippen molar-refractivity contribution >= 4 is 24.3 Å². The van der Waals surface area contributed by atoms with E-state index in [9.17, 15) is 9.59 Å². The standard InChI is InChI=1S/C21H20N2O5.ClH/c1-26-20(24)15-9-14(10-16(11-15)21(25)27-2)19-7-6-18(28-19)13-22-12-17-5-3-4-8-23-17;/h3-11,22H,12-13H2,1-2H3;1H. The van der Waals surface area contributed by atoms with Crippen LogP contribution in [0, 0.1) is 0 Å². The summed E-state index contributed by atoms with van der Waals surface area (Å²) < 4.78 is 15.4. The normalized spacial score (nSPS) is 10.1. The molecule has 0 aliphatic carbocycles. The number of aromatic nitrogens is 1. The second-order valence-corrected chi connectivity index (χ2v) is 5.97. The molecule has 152 valence electrons. The molecule has 0 aliphatic heterocycles. The summed E-state index contributed by atoms with van der Waals surface area (Å²) in [5.74, 6) is 0.159. The van der Waals surface area contributed by atoms with E-state index < -0.39 is 11.9 Å². The molecule has 7 nitrogen and oxygen atoms in total. The molecule has 2 heterocycles. The van der Waals surface area contributed by atoms with Crippen LogP contribution in [-0.2, 0) is 22.6 Å². The maximum atomic E-state index is 11.9. The lowest BCUT2D eigenvalue weighted by Gasteiger charge is -2.07. The quantitative estimate of drug-likeness (QED) is 0.588. The van der Waals surface area contributed by atoms with Crippen LogP contribution in [0.1, 0.15) is 32.2 Å². The molecule has 1 N–H and O–H groups in total. The van der Waals surface area contributed by atoms with Crippen molar-refractivity contribution in [3.05, 3.63) is 77.3 Å². The van der Waals surface area contributed by atoms with Crippen LogP contribution in [0.2, 0.25) is 0 Å². The van der Waals surface area contributed by atoms with Crippen molar-refractivity contribution in [2.24, 2.45) is 0 Å². The average Bonchev–Trinajstić information content (AvgIpc) is 3.22. The van der Waals surface area contributed by atoms with Crippen LogP contribution >= 0.6 is 12.4 Å². The molecule has 0 unspecified atom stereocenters. The van der Waals surface area contributed by atoms with Gasteiger partial charge in [-0.3, -0.25) is 4.98 Å². The van der Waals surface area contributed by atoms with Gasteiger partial charge < -0.3 is 19.2 Å². The molecule has 8 heteroatoms. The molecule has 3 aromatic rings. The van der Waals surface area contributed by atoms with Crippen LogP contribution in [0.25, 0.3) is 11.3 Å². The number of esters is 2. The second kappa shape index (κ2) is 10.4. The molecule has 0 spiro atoms. The lowest BCUT2D eigenvalue weighted by Crippen LogP contribution is -2.12. The van der Waals surface area contributed by atoms with Gasteiger partial charge in [0.15, 0.2) is 0 Å². The Bertz CT molecular complexity index is 938. The van der Waals surface area contributed by atoms with Crippen molar-refractivity contribution in [1.82, 2.24) is 10.3 Å². The van der Waals surface area contributed by atoms with Crippen LogP contribution in [0.15, 0.2) is 59.1 Å². The van der Waals surface area contributed by atoms with Gasteiger partial charge in [-0.1, -0.05) is 6.07 Å². The third-order valence-corrected chi connectivity index (χ3v) is 4.05. The van der Waals surface area contributed by atoms with Crippen molar-refractivity contribution in [3.63, 3.8) is 0 Å². The lowest BCUT2D eigenvalue weighted by atomic mass is 10.0. The zero-order chi connectivity index (χ0) is 19.9. The van der Waals surface area contributed by atoms with Crippen molar-refractivity contribution in [2.45, 2.75) is 13.1 Å². The Kier molecular flexibility index (Phi) is 7.94. The highest BCUT2D eigenvalue weighted by Crippen LogP contribution is 2.25. The largest absolute Gasteiger partial charge is 0.465 e. The fourth-order valence-corrected chi connectivity index (χ4v) is 2.69. The minimum absolute atomic E-state index is 0. The third kappa shape index (κ3) is 5.66. The lowest BCUT2D eigenvalue weighted by molar-refractivity contribution is 0.0599. The van der Waals surface area contributed by atoms with E-state index in [-0.39, 0.29) is 23.5 Å². The maximum Gasteiger partial charge on any atom is 0.337 e. The van der Waals surface area contributed by atoms with E-state index in [0.29, 0.717) is 30.2 Å². The molecule has 0 saturated carbocycles. The van der Waals surface area contributed by atoms with Gasteiger partial charge >= 0.3 is 11.9 Å². The van der Waals surface area contributed by atoms with Gasteiger partial charge in [-0.25, -0.2) is 9.59 Å². The zero-order valence-electron chi connectivity index (χ0n) is 16.0. The monoisotopic (exact) mass is 416 g/mol. The summed E-state index contributed by atoms with van der Waals surface area (Å²) in [5.41, 5.74) is 2.00. The molecule has 0 amide bonds. The Morgan fingerprint density at radius 1 is 0.966 bits per heavy atom. The van der Waals surface area contributed by atoms with Crippen molar-refractivity contribution in [2.75, 3.05) is 14.2 Å². The molecular formula is C21H21ClN2O5. The summed E-state index contributed by atoms with van der Waals surface area (Å²) in [5, 5.41) is 3.26. The predicted molar refractivity (Wildman–Crippen MR) is 109 cm³/mol. The molecule has 29 heavy (non-hydrogen) atoms. The zero-order valence-corrected chi connectivity index (χ0v) is 16.8. The SMILES string of the molecule is COC(=O)c1cc(C(=O)OC)cc(-c2ccc(CNCc3ccccn3)o2)c1.Cl. The highest BCUT2D eigenvalue weighted by atomic mass is 35.5. The van der Waals surface area contributed by atoms with Gasteiger partial charge in [-0.15, -0.1) is 12.4 Å². The van der Waals surface area contributed by atoms with Crippen LogP contribution in [0.5, 0.6) is 0 Å². The molecule has 2 aromatic heterocycles. The fourth-order valence-electron chi connectivity index (χ4n) is 2.69. The molecular weight excluding hydrogens is 396 g/mol. The number of furan rings is 1. The molecule has 0 bridgehead atoms. The van der Waals surface area contributed by atoms with Crippen molar-refractivity contribution in [1.29, 1.82) is 0 Å². The first-order chi connectivity index (χ1) is 13.6. The van der Waals surface area contributed by atoms with Gasteiger partial charge in [0.05, 0.1) is 37.6 Å². The summed E-state index contributed by atoms with van der Waals surface area (Å²) in [6, 6.07) is 14.0. The molecule has 0 fully saturated rings. The number of pyridine rings is 1. The van der Waals surface area contributed by atoms with Gasteiger partial charge in [0.25, 0.3) is 0 Å². The Morgan fingerprint density at radius 3 is 2.24 bits per heavy atom. The van der Waals surface area contributed by atoms with Crippen LogP contribution in [-0.4, -0.2) is 31.1 Å². The second-order valence-electron chi connectivity index (χ2n) is 5.97. The van der Waals surface area contributed by atoms with E-state index in [0.717, 1.165) is 5.69 Å². The van der Waals surface area contributed by atoms with Crippen LogP contribution in [0.3, 0.4) is 0 Å². The first-order valence-corrected chi connectivity index (χ1v) is 8.62. The van der Waals surface area contributed by atoms with Crippen LogP contribution < -0.4 is 5.32 Å². The number of methoxy groups -OCH3 is 2. The van der Waals surface area contributed by atoms with Gasteiger partial charge in [0.2, 0.25) is 0 Å². The number of halogens is 1. The Balaban J connectivity index is 0.00000300. The molecule has 0 atom stereocenters. The van der Waals surface area contributed by atoms with Gasteiger partial charge in [-0.2, -0.15) is 0 Å². The molecule has 0 saturated heterocycles. The predicted octanol–water partition coefficient (Wildman–Crippen LogP) is 3.63. The number of nitrogens with zero attached hydrogens (tertiary/aromatic N) is 1. The van der Waals surface area contributed by atoms with Gasteiger partial charge in [0.1, 0.15) is 11.5 Å². The summed E-state index contributed by atoms with van der Waals surface area (Å²) >= 11 is 0. The Hall–Kier alpha value is -3.16. The Morgan fingerprint density at radius 2 is 1.66 bits per heavy atom. The smallest absolute Gasteiger partial charge is 0.337 e. The molecule has 3 rings (SSSR count). The highest BCUT2D eigenvalue weighted by Gasteiger charge is 2.16. The van der Waals surface area contributed by atoms with Crippen molar-refractivity contribution in [3.8, 4) is 11.3 Å². The van der Waals surface area contributed by atoms with E-state index in [1.165, 1.54) is 20.3 Å². The number of ether oxygens (including phenoxy) is 2. The maximum absolute atomic E-state index is 11.9. The number of hydrogen-bond acceptors (Lipinski definition) is 7. The summed E-state index contributed by atoms with van der Waals surface area (Å²) in [7, 11) is 2.57. The minimum Gasteiger partial charge on any atom is -0.465 e. The van der Waals surface area contributed by atoms with E-state index >= 15 is 0 Å². The Labute approximate surface area is 174 Å². The molecule has 1 aromatic carbocycles. The number of carbonyl (C=O) groups excluding carboxylic acids is 2. The van der Waals surface area contributed by atoms with E-state index in [1.54, 1.807) is 24.4 Å². The highest BCUT2D eigenvalue weighted by molar-refractivity contribution is 5.97. The van der Waals surface area contributed by atoms with Gasteiger partial charge in [-0.05, 0) is 42.5 Å². The molecule has 0 aliphatic rings. The van der Waals surface area contributed by atoms with E-state index in [1.807, 2.05) is 24.3 Å². The summed E-state index contributed by atoms with van der Waals surface area (Å²) in [6.45, 7) is 1.12. The number of benzene rings is 1. The fraction of sp³-hybridized carbons (Fsp3) is 0.190. The average molecular weight is 417 g/mol. The topological polar surface area (TPSA) is 90.7 Å². The number of carbonyl (C=O) groups is 2. The number of rotatable bonds is 7. The summed E-state index contributed by atoms with van der Waals surface area (Å²) in [6.07, 6.45) is 1.75. The van der Waals surface area contributed by atoms with Gasteiger partial charge in [0, 0.05) is 18.3 Å². The molecule has 0 radical (unpaired) electrons.